The van der Waals surface area contributed by atoms with E-state index >= 15 is 0 Å². The molecule has 0 aromatic heterocycles. The Hall–Kier alpha value is -3.57. The van der Waals surface area contributed by atoms with E-state index in [2.05, 4.69) is 0 Å². The lowest BCUT2D eigenvalue weighted by Crippen LogP contribution is -2.61. The number of hydrogen-bond donors (Lipinski definition) is 3. The van der Waals surface area contributed by atoms with Gasteiger partial charge in [0.25, 0.3) is 11.7 Å². The highest BCUT2D eigenvalue weighted by Gasteiger charge is 2.53. The summed E-state index contributed by atoms with van der Waals surface area (Å²) in [6.45, 7) is 14.3. The zero-order chi connectivity index (χ0) is 50.5. The second-order valence-electron chi connectivity index (χ2n) is 20.4. The first-order chi connectivity index (χ1) is 32.1. The van der Waals surface area contributed by atoms with Crippen molar-refractivity contribution in [2.75, 3.05) is 27.9 Å². The van der Waals surface area contributed by atoms with Gasteiger partial charge in [-0.2, -0.15) is 0 Å². The number of nitrogens with zero attached hydrogens (tertiary/aromatic N) is 1. The van der Waals surface area contributed by atoms with Gasteiger partial charge in [0.2, 0.25) is 5.79 Å². The van der Waals surface area contributed by atoms with Crippen LogP contribution in [0.5, 0.6) is 0 Å². The Labute approximate surface area is 405 Å². The quantitative estimate of drug-likeness (QED) is 0.141. The van der Waals surface area contributed by atoms with Crippen LogP contribution in [-0.2, 0) is 52.4 Å². The van der Waals surface area contributed by atoms with Crippen molar-refractivity contribution in [2.24, 2.45) is 35.5 Å². The summed E-state index contributed by atoms with van der Waals surface area (Å²) in [4.78, 5) is 70.8. The summed E-state index contributed by atoms with van der Waals surface area (Å²) in [5.74, 6) is -8.03. The Morgan fingerprint density at radius 2 is 1.59 bits per heavy atom. The highest BCUT2D eigenvalue weighted by molar-refractivity contribution is 6.39. The summed E-state index contributed by atoms with van der Waals surface area (Å²) >= 11 is 0. The first-order valence-electron chi connectivity index (χ1n) is 25.0. The van der Waals surface area contributed by atoms with Crippen molar-refractivity contribution in [3.8, 4) is 0 Å². The smallest absolute Gasteiger partial charge is 0.329 e. The molecule has 16 atom stereocenters. The predicted molar refractivity (Wildman–Crippen MR) is 256 cm³/mol. The van der Waals surface area contributed by atoms with Crippen molar-refractivity contribution >= 4 is 29.4 Å². The van der Waals surface area contributed by atoms with Gasteiger partial charge in [-0.05, 0) is 113 Å². The Balaban J connectivity index is 1.74. The fourth-order valence-corrected chi connectivity index (χ4v) is 10.6. The molecule has 3 heterocycles. The largest absolute Gasteiger partial charge is 0.460 e. The van der Waals surface area contributed by atoms with Crippen LogP contribution in [0.25, 0.3) is 0 Å². The number of ether oxygens (including phenoxy) is 6. The van der Waals surface area contributed by atoms with E-state index in [1.54, 1.807) is 41.1 Å². The number of carbonyl (C=O) groups is 5. The molecular weight excluding hydrogens is 875 g/mol. The van der Waals surface area contributed by atoms with Gasteiger partial charge >= 0.3 is 11.9 Å². The van der Waals surface area contributed by atoms with Crippen molar-refractivity contribution in [2.45, 2.75) is 193 Å². The molecule has 1 saturated carbocycles. The summed E-state index contributed by atoms with van der Waals surface area (Å²) < 4.78 is 35.5. The topological polar surface area (TPSA) is 205 Å². The maximum Gasteiger partial charge on any atom is 0.329 e. The average Bonchev–Trinajstić information content (AvgIpc) is 3.30. The normalized spacial score (nSPS) is 38.9. The molecule has 0 aromatic rings. The molecule has 15 heteroatoms. The first kappa shape index (κ1) is 57.0. The molecule has 2 bridgehead atoms. The van der Waals surface area contributed by atoms with E-state index in [1.807, 2.05) is 58.1 Å². The van der Waals surface area contributed by atoms with E-state index in [0.29, 0.717) is 63.4 Å². The summed E-state index contributed by atoms with van der Waals surface area (Å²) in [7, 11) is 4.59. The van der Waals surface area contributed by atoms with E-state index in [1.165, 1.54) is 18.9 Å². The lowest BCUT2D eigenvalue weighted by atomic mass is 9.78. The van der Waals surface area contributed by atoms with Crippen LogP contribution < -0.4 is 0 Å². The Bertz CT molecular complexity index is 1830. The molecule has 0 aromatic carbocycles. The number of cyclic esters (lactones) is 1. The second-order valence-corrected chi connectivity index (χ2v) is 20.4. The molecular formula is C53H83NO14. The third-order valence-corrected chi connectivity index (χ3v) is 15.0. The van der Waals surface area contributed by atoms with E-state index in [9.17, 15) is 39.3 Å². The minimum absolute atomic E-state index is 0.0416. The molecule has 3 aliphatic heterocycles. The number of allylic oxidation sites excluding steroid dienone is 6. The molecule has 0 spiro atoms. The van der Waals surface area contributed by atoms with Crippen molar-refractivity contribution in [1.82, 2.24) is 4.90 Å². The Morgan fingerprint density at radius 1 is 0.868 bits per heavy atom. The molecule has 15 nitrogen and oxygen atoms in total. The SMILES string of the molecule is CO[C@H]1[C@@H](OC(C)=O)[C@H](C)C[C@H](C)/C=C/C=CC=C(C)[C@@H](OC)CC2CC[C@@H](C)[C@@](O)(O2)C(=O)C(=O)N2CCCCC2C(=O)O[C@H]([C@H](C)C[C@@H]2CC[C@@H](O)[C@H](OC)C2)CC(=O)[C@H](C)/C=C(\C)[C@H]1O. The van der Waals surface area contributed by atoms with Gasteiger partial charge in [0.1, 0.15) is 36.2 Å². The molecule has 3 fully saturated rings. The zero-order valence-electron chi connectivity index (χ0n) is 42.6. The first-order valence-corrected chi connectivity index (χ1v) is 25.0. The van der Waals surface area contributed by atoms with Gasteiger partial charge < -0.3 is 48.6 Å². The van der Waals surface area contributed by atoms with Crippen molar-refractivity contribution in [1.29, 1.82) is 0 Å². The van der Waals surface area contributed by atoms with Crippen LogP contribution in [0, 0.1) is 35.5 Å². The van der Waals surface area contributed by atoms with Crippen molar-refractivity contribution in [3.05, 3.63) is 47.6 Å². The number of carbonyl (C=O) groups excluding carboxylic acids is 5. The number of esters is 2. The van der Waals surface area contributed by atoms with Crippen LogP contribution in [0.4, 0.5) is 0 Å². The van der Waals surface area contributed by atoms with E-state index in [4.69, 9.17) is 28.4 Å². The summed E-state index contributed by atoms with van der Waals surface area (Å²) in [5.41, 5.74) is 1.31. The van der Waals surface area contributed by atoms with Gasteiger partial charge in [0, 0.05) is 59.5 Å². The van der Waals surface area contributed by atoms with Gasteiger partial charge in [0.05, 0.1) is 24.4 Å². The molecule has 4 rings (SSSR count). The number of aliphatic hydroxyl groups excluding tert-OH is 2. The Kier molecular flexibility index (Phi) is 22.3. The molecule has 1 amide bonds. The second kappa shape index (κ2) is 26.6. The summed E-state index contributed by atoms with van der Waals surface area (Å²) in [6.07, 6.45) is 10.8. The number of fused-ring (bicyclic) bond motifs is 3. The number of amides is 1. The van der Waals surface area contributed by atoms with Crippen LogP contribution in [0.3, 0.4) is 0 Å². The van der Waals surface area contributed by atoms with Gasteiger partial charge in [-0.25, -0.2) is 4.79 Å². The number of aliphatic hydroxyl groups is 3. The number of rotatable bonds is 7. The third kappa shape index (κ3) is 15.2. The minimum atomic E-state index is -2.43. The summed E-state index contributed by atoms with van der Waals surface area (Å²) in [6, 6.07) is -1.15. The zero-order valence-corrected chi connectivity index (χ0v) is 42.6. The fraction of sp³-hybridized carbons (Fsp3) is 0.755. The minimum Gasteiger partial charge on any atom is -0.460 e. The number of piperidine rings is 1. The monoisotopic (exact) mass is 958 g/mol. The van der Waals surface area contributed by atoms with E-state index in [0.717, 1.165) is 12.0 Å². The number of ketones is 2. The number of hydrogen-bond acceptors (Lipinski definition) is 14. The van der Waals surface area contributed by atoms with E-state index in [-0.39, 0.29) is 54.9 Å². The fourth-order valence-electron chi connectivity index (χ4n) is 10.6. The molecule has 0 radical (unpaired) electrons. The molecule has 1 aliphatic carbocycles. The van der Waals surface area contributed by atoms with Crippen molar-refractivity contribution in [3.63, 3.8) is 0 Å². The number of methoxy groups -OCH3 is 3. The molecule has 2 unspecified atom stereocenters. The van der Waals surface area contributed by atoms with Gasteiger partial charge in [-0.3, -0.25) is 19.2 Å². The highest BCUT2D eigenvalue weighted by Crippen LogP contribution is 2.38. The lowest BCUT2D eigenvalue weighted by molar-refractivity contribution is -0.265. The van der Waals surface area contributed by atoms with Gasteiger partial charge in [-0.1, -0.05) is 71.1 Å². The third-order valence-electron chi connectivity index (χ3n) is 15.0. The molecule has 2 saturated heterocycles. The molecule has 384 valence electrons. The van der Waals surface area contributed by atoms with Crippen LogP contribution in [0.1, 0.15) is 132 Å². The predicted octanol–water partition coefficient (Wildman–Crippen LogP) is 6.54. The Morgan fingerprint density at radius 3 is 2.25 bits per heavy atom. The molecule has 3 N–H and O–H groups in total. The van der Waals surface area contributed by atoms with Gasteiger partial charge in [0.15, 0.2) is 0 Å². The maximum absolute atomic E-state index is 14.4. The average molecular weight is 958 g/mol. The van der Waals surface area contributed by atoms with Crippen LogP contribution in [-0.4, -0.2) is 138 Å². The van der Waals surface area contributed by atoms with Gasteiger partial charge in [-0.15, -0.1) is 0 Å². The number of Topliss-reactive ketones (excluding diaryl/α,β-unsaturated/α-hetero) is 2. The highest BCUT2D eigenvalue weighted by atomic mass is 16.6. The summed E-state index contributed by atoms with van der Waals surface area (Å²) in [5, 5.41) is 34.3. The maximum atomic E-state index is 14.4. The van der Waals surface area contributed by atoms with Crippen LogP contribution >= 0.6 is 0 Å². The van der Waals surface area contributed by atoms with Crippen LogP contribution in [0.2, 0.25) is 0 Å². The van der Waals surface area contributed by atoms with Crippen LogP contribution in [0.15, 0.2) is 47.6 Å². The van der Waals surface area contributed by atoms with Crippen molar-refractivity contribution < 1.29 is 67.7 Å². The standard InChI is InChI=1S/C53H83NO14/c1-31-17-13-12-14-18-32(2)44(63-9)29-40-22-20-37(7)53(62,68-40)50(59)51(60)54-24-16-15-19-41(54)52(61)67-45(34(4)27-39-21-23-42(56)46(28-39)64-10)30-43(57)33(3)26-35(5)47(58)49(65-11)48(36(6)25-31)66-38(8)55/h12-14,17-18,26,31,33-34,36-37,39-42,44-49,56,58,62H,15-16,19-25,27-30H2,1-11H3/b14-12?,17-13+,32-18?,35-26+/t31-,33-,34-,36-,37-,39+,40?,41?,42-,44+,45+,46-,47-,48+,49-,53-/m1/s1. The molecule has 68 heavy (non-hydrogen) atoms. The van der Waals surface area contributed by atoms with E-state index < -0.39 is 90.0 Å². The lowest BCUT2D eigenvalue weighted by Gasteiger charge is -2.42. The molecule has 4 aliphatic rings.